The molecule has 0 N–H and O–H groups in total. The van der Waals surface area contributed by atoms with Gasteiger partial charge in [-0.15, -0.1) is 5.10 Å². The molecule has 1 saturated carbocycles. The summed E-state index contributed by atoms with van der Waals surface area (Å²) in [7, 11) is 1.71. The van der Waals surface area contributed by atoms with Gasteiger partial charge in [0.1, 0.15) is 0 Å². The first-order valence-corrected chi connectivity index (χ1v) is 7.98. The molecule has 0 spiro atoms. The van der Waals surface area contributed by atoms with Crippen LogP contribution in [-0.2, 0) is 4.74 Å². The maximum atomic E-state index is 12.5. The Kier molecular flexibility index (Phi) is 4.53. The van der Waals surface area contributed by atoms with Crippen molar-refractivity contribution < 1.29 is 9.53 Å². The van der Waals surface area contributed by atoms with Crippen molar-refractivity contribution in [3.8, 4) is 0 Å². The highest BCUT2D eigenvalue weighted by atomic mass is 16.5. The van der Waals surface area contributed by atoms with E-state index in [1.165, 1.54) is 19.3 Å². The molecule has 116 valence electrons. The topological polar surface area (TPSA) is 60.2 Å². The van der Waals surface area contributed by atoms with Crippen molar-refractivity contribution in [1.29, 1.82) is 0 Å². The van der Waals surface area contributed by atoms with Crippen molar-refractivity contribution in [3.63, 3.8) is 0 Å². The summed E-state index contributed by atoms with van der Waals surface area (Å²) in [6, 6.07) is 0.424. The summed E-state index contributed by atoms with van der Waals surface area (Å²) < 4.78 is 7.07. The molecule has 1 atom stereocenters. The highest BCUT2D eigenvalue weighted by Gasteiger charge is 2.29. The Morgan fingerprint density at radius 1 is 1.33 bits per heavy atom. The second-order valence-corrected chi connectivity index (χ2v) is 6.24. The predicted octanol–water partition coefficient (Wildman–Crippen LogP) is 1.89. The van der Waals surface area contributed by atoms with Crippen LogP contribution in [0.2, 0.25) is 0 Å². The SMILES string of the molecule is COC[C@@H]1CCN(C(=O)c2cn(C3CCCCC3)nn2)C1. The molecule has 0 bridgehead atoms. The van der Waals surface area contributed by atoms with Crippen molar-refractivity contribution >= 4 is 5.91 Å². The third-order valence-electron chi connectivity index (χ3n) is 4.65. The first-order chi connectivity index (χ1) is 10.3. The summed E-state index contributed by atoms with van der Waals surface area (Å²) in [5.74, 6) is 0.461. The number of ether oxygens (including phenoxy) is 1. The smallest absolute Gasteiger partial charge is 0.276 e. The number of rotatable bonds is 4. The Morgan fingerprint density at radius 2 is 2.14 bits per heavy atom. The fourth-order valence-corrected chi connectivity index (χ4v) is 3.45. The van der Waals surface area contributed by atoms with E-state index in [0.717, 1.165) is 39.0 Å². The molecule has 2 aliphatic rings. The molecule has 1 aliphatic heterocycles. The number of likely N-dealkylation sites (tertiary alicyclic amines) is 1. The summed E-state index contributed by atoms with van der Waals surface area (Å²) >= 11 is 0. The molecule has 2 fully saturated rings. The second-order valence-electron chi connectivity index (χ2n) is 6.24. The average molecular weight is 292 g/mol. The molecule has 0 aromatic carbocycles. The number of nitrogens with zero attached hydrogens (tertiary/aromatic N) is 4. The maximum Gasteiger partial charge on any atom is 0.276 e. The van der Waals surface area contributed by atoms with Crippen LogP contribution in [0.3, 0.4) is 0 Å². The number of amides is 1. The van der Waals surface area contributed by atoms with Crippen molar-refractivity contribution in [2.24, 2.45) is 5.92 Å². The Balaban J connectivity index is 1.61. The molecule has 6 nitrogen and oxygen atoms in total. The van der Waals surface area contributed by atoms with E-state index in [1.54, 1.807) is 7.11 Å². The number of aromatic nitrogens is 3. The van der Waals surface area contributed by atoms with Gasteiger partial charge in [-0.25, -0.2) is 4.68 Å². The molecule has 1 amide bonds. The first-order valence-electron chi connectivity index (χ1n) is 7.98. The molecule has 0 radical (unpaired) electrons. The predicted molar refractivity (Wildman–Crippen MR) is 78.0 cm³/mol. The monoisotopic (exact) mass is 292 g/mol. The van der Waals surface area contributed by atoms with Crippen LogP contribution in [0.4, 0.5) is 0 Å². The molecule has 3 rings (SSSR count). The number of hydrogen-bond acceptors (Lipinski definition) is 4. The van der Waals surface area contributed by atoms with Crippen LogP contribution in [0.5, 0.6) is 0 Å². The van der Waals surface area contributed by atoms with E-state index >= 15 is 0 Å². The van der Waals surface area contributed by atoms with Gasteiger partial charge in [0.25, 0.3) is 5.91 Å². The van der Waals surface area contributed by atoms with Gasteiger partial charge in [0, 0.05) is 26.1 Å². The fraction of sp³-hybridized carbons (Fsp3) is 0.800. The molecule has 1 aromatic rings. The zero-order valence-corrected chi connectivity index (χ0v) is 12.7. The molecule has 0 unspecified atom stereocenters. The zero-order valence-electron chi connectivity index (χ0n) is 12.7. The standard InChI is InChI=1S/C15H24N4O2/c1-21-11-12-7-8-18(9-12)15(20)14-10-19(17-16-14)13-5-3-2-4-6-13/h10,12-13H,2-9,11H2,1H3/t12-/m1/s1. The van der Waals surface area contributed by atoms with Crippen molar-refractivity contribution in [2.45, 2.75) is 44.6 Å². The summed E-state index contributed by atoms with van der Waals surface area (Å²) in [4.78, 5) is 14.3. The number of hydrogen-bond donors (Lipinski definition) is 0. The summed E-state index contributed by atoms with van der Waals surface area (Å²) in [6.07, 6.45) is 8.95. The maximum absolute atomic E-state index is 12.5. The summed E-state index contributed by atoms with van der Waals surface area (Å²) in [6.45, 7) is 2.28. The molecular formula is C15H24N4O2. The van der Waals surface area contributed by atoms with Crippen LogP contribution in [-0.4, -0.2) is 52.6 Å². The molecule has 2 heterocycles. The van der Waals surface area contributed by atoms with Gasteiger partial charge < -0.3 is 9.64 Å². The number of methoxy groups -OCH3 is 1. The van der Waals surface area contributed by atoms with Crippen LogP contribution in [0.1, 0.15) is 55.1 Å². The third kappa shape index (κ3) is 3.26. The van der Waals surface area contributed by atoms with E-state index < -0.39 is 0 Å². The van der Waals surface area contributed by atoms with Crippen molar-refractivity contribution in [3.05, 3.63) is 11.9 Å². The van der Waals surface area contributed by atoms with Gasteiger partial charge in [0.05, 0.1) is 18.8 Å². The lowest BCUT2D eigenvalue weighted by Crippen LogP contribution is -2.29. The lowest BCUT2D eigenvalue weighted by atomic mass is 9.96. The number of carbonyl (C=O) groups excluding carboxylic acids is 1. The molecule has 1 aromatic heterocycles. The van der Waals surface area contributed by atoms with Gasteiger partial charge in [-0.3, -0.25) is 4.79 Å². The van der Waals surface area contributed by atoms with Crippen LogP contribution >= 0.6 is 0 Å². The Morgan fingerprint density at radius 3 is 2.90 bits per heavy atom. The van der Waals surface area contributed by atoms with Crippen molar-refractivity contribution in [2.75, 3.05) is 26.8 Å². The zero-order chi connectivity index (χ0) is 14.7. The molecule has 21 heavy (non-hydrogen) atoms. The van der Waals surface area contributed by atoms with Crippen LogP contribution < -0.4 is 0 Å². The average Bonchev–Trinajstić information content (AvgIpc) is 3.17. The first kappa shape index (κ1) is 14.5. The largest absolute Gasteiger partial charge is 0.384 e. The van der Waals surface area contributed by atoms with Crippen molar-refractivity contribution in [1.82, 2.24) is 19.9 Å². The van der Waals surface area contributed by atoms with E-state index in [1.807, 2.05) is 15.8 Å². The van der Waals surface area contributed by atoms with Gasteiger partial charge >= 0.3 is 0 Å². The van der Waals surface area contributed by atoms with E-state index in [9.17, 15) is 4.79 Å². The van der Waals surface area contributed by atoms with Crippen LogP contribution in [0.15, 0.2) is 6.20 Å². The Hall–Kier alpha value is -1.43. The Labute approximate surface area is 125 Å². The molecule has 1 aliphatic carbocycles. The van der Waals surface area contributed by atoms with Gasteiger partial charge in [-0.05, 0) is 19.3 Å². The van der Waals surface area contributed by atoms with Gasteiger partial charge in [0.15, 0.2) is 5.69 Å². The highest BCUT2D eigenvalue weighted by molar-refractivity contribution is 5.92. The summed E-state index contributed by atoms with van der Waals surface area (Å²) in [5, 5.41) is 8.28. The fourth-order valence-electron chi connectivity index (χ4n) is 3.45. The highest BCUT2D eigenvalue weighted by Crippen LogP contribution is 2.27. The molecule has 6 heteroatoms. The summed E-state index contributed by atoms with van der Waals surface area (Å²) in [5.41, 5.74) is 0.485. The lowest BCUT2D eigenvalue weighted by molar-refractivity contribution is 0.0769. The van der Waals surface area contributed by atoms with Crippen LogP contribution in [0, 0.1) is 5.92 Å². The Bertz CT molecular complexity index is 482. The van der Waals surface area contributed by atoms with E-state index in [-0.39, 0.29) is 5.91 Å². The molecular weight excluding hydrogens is 268 g/mol. The van der Waals surface area contributed by atoms with E-state index in [2.05, 4.69) is 10.3 Å². The van der Waals surface area contributed by atoms with Gasteiger partial charge in [0.2, 0.25) is 0 Å². The normalized spacial score (nSPS) is 23.7. The van der Waals surface area contributed by atoms with Gasteiger partial charge in [-0.1, -0.05) is 24.5 Å². The molecule has 1 saturated heterocycles. The number of carbonyl (C=O) groups is 1. The van der Waals surface area contributed by atoms with E-state index in [0.29, 0.717) is 17.7 Å². The minimum Gasteiger partial charge on any atom is -0.384 e. The second kappa shape index (κ2) is 6.56. The van der Waals surface area contributed by atoms with Crippen LogP contribution in [0.25, 0.3) is 0 Å². The van der Waals surface area contributed by atoms with E-state index in [4.69, 9.17) is 4.74 Å². The van der Waals surface area contributed by atoms with Gasteiger partial charge in [-0.2, -0.15) is 0 Å². The minimum absolute atomic E-state index is 0.00987. The lowest BCUT2D eigenvalue weighted by Gasteiger charge is -2.21. The quantitative estimate of drug-likeness (QED) is 0.850. The minimum atomic E-state index is 0.00987. The third-order valence-corrected chi connectivity index (χ3v) is 4.65.